The molecule has 1 aliphatic heterocycles. The Morgan fingerprint density at radius 2 is 2.27 bits per heavy atom. The molecule has 0 aromatic carbocycles. The van der Waals surface area contributed by atoms with Crippen LogP contribution in [0.1, 0.15) is 10.4 Å². The second kappa shape index (κ2) is 3.58. The number of thiophene rings is 2. The molecule has 2 aromatic heterocycles. The molecule has 0 spiro atoms. The summed E-state index contributed by atoms with van der Waals surface area (Å²) >= 11 is 3.78. The van der Waals surface area contributed by atoms with E-state index in [1.807, 2.05) is 22.7 Å². The molecule has 0 radical (unpaired) electrons. The zero-order valence-corrected chi connectivity index (χ0v) is 11.3. The lowest BCUT2D eigenvalue weighted by atomic mass is 10.2. The smallest absolute Gasteiger partial charge is 0.0681 e. The summed E-state index contributed by atoms with van der Waals surface area (Å²) in [5.74, 6) is 0. The maximum Gasteiger partial charge on any atom is 0.0681 e. The van der Waals surface area contributed by atoms with Crippen LogP contribution < -0.4 is 4.67 Å². The van der Waals surface area contributed by atoms with Gasteiger partial charge in [0.25, 0.3) is 0 Å². The molecule has 0 aliphatic carbocycles. The molecular formula is C11H12NPS2. The maximum absolute atomic E-state index is 2.83. The molecule has 0 amide bonds. The summed E-state index contributed by atoms with van der Waals surface area (Å²) in [5.41, 5.74) is 2.89. The average molecular weight is 253 g/mol. The topological polar surface area (TPSA) is 3.24 Å². The third-order valence-corrected chi connectivity index (χ3v) is 5.41. The van der Waals surface area contributed by atoms with Gasteiger partial charge in [0.15, 0.2) is 0 Å². The Labute approximate surface area is 100 Å². The fourth-order valence-electron chi connectivity index (χ4n) is 2.00. The van der Waals surface area contributed by atoms with Crippen molar-refractivity contribution in [2.24, 2.45) is 0 Å². The number of rotatable bonds is 0. The van der Waals surface area contributed by atoms with Crippen LogP contribution in [0.25, 0.3) is 9.75 Å². The first-order chi connectivity index (χ1) is 7.25. The highest BCUT2D eigenvalue weighted by molar-refractivity contribution is 7.23. The van der Waals surface area contributed by atoms with Crippen molar-refractivity contribution in [2.75, 3.05) is 11.2 Å². The molecule has 3 rings (SSSR count). The van der Waals surface area contributed by atoms with E-state index in [1.165, 1.54) is 25.9 Å². The molecule has 1 atom stereocenters. The largest absolute Gasteiger partial charge is 0.354 e. The van der Waals surface area contributed by atoms with Crippen LogP contribution in [0.3, 0.4) is 0 Å². The van der Waals surface area contributed by atoms with Gasteiger partial charge in [-0.25, -0.2) is 0 Å². The summed E-state index contributed by atoms with van der Waals surface area (Å²) in [4.78, 5) is 4.36. The molecule has 0 fully saturated rings. The van der Waals surface area contributed by atoms with E-state index in [4.69, 9.17) is 0 Å². The summed E-state index contributed by atoms with van der Waals surface area (Å²) in [6.07, 6.45) is 1.16. The van der Waals surface area contributed by atoms with E-state index in [0.29, 0.717) is 0 Å². The van der Waals surface area contributed by atoms with Crippen molar-refractivity contribution in [3.05, 3.63) is 28.0 Å². The quantitative estimate of drug-likeness (QED) is 0.643. The van der Waals surface area contributed by atoms with Crippen molar-refractivity contribution in [1.29, 1.82) is 0 Å². The molecule has 1 aliphatic rings. The number of fused-ring (bicyclic) bond motifs is 3. The van der Waals surface area contributed by atoms with E-state index in [-0.39, 0.29) is 0 Å². The maximum atomic E-state index is 2.83. The fraction of sp³-hybridized carbons (Fsp3) is 0.273. The molecule has 0 bridgehead atoms. The first-order valence-electron chi connectivity index (χ1n) is 4.95. The summed E-state index contributed by atoms with van der Waals surface area (Å²) in [6, 6.07) is 4.56. The second-order valence-corrected chi connectivity index (χ2v) is 6.59. The zero-order chi connectivity index (χ0) is 10.4. The molecule has 0 saturated heterocycles. The van der Waals surface area contributed by atoms with E-state index < -0.39 is 0 Å². The Kier molecular flexibility index (Phi) is 2.35. The van der Waals surface area contributed by atoms with Crippen LogP contribution in [0.5, 0.6) is 0 Å². The van der Waals surface area contributed by atoms with Crippen LogP contribution in [-0.4, -0.2) is 6.54 Å². The third-order valence-electron chi connectivity index (χ3n) is 2.71. The lowest BCUT2D eigenvalue weighted by molar-refractivity contribution is 0.983. The monoisotopic (exact) mass is 253 g/mol. The first-order valence-corrected chi connectivity index (χ1v) is 7.16. The molecule has 0 saturated carbocycles. The summed E-state index contributed by atoms with van der Waals surface area (Å²) in [6.45, 7) is 3.29. The van der Waals surface area contributed by atoms with E-state index in [1.54, 1.807) is 0 Å². The van der Waals surface area contributed by atoms with Crippen LogP contribution in [0.4, 0.5) is 5.69 Å². The highest BCUT2D eigenvalue weighted by atomic mass is 32.1. The molecule has 15 heavy (non-hydrogen) atoms. The van der Waals surface area contributed by atoms with Gasteiger partial charge in [0.1, 0.15) is 0 Å². The van der Waals surface area contributed by atoms with E-state index in [0.717, 1.165) is 13.0 Å². The Morgan fingerprint density at radius 3 is 3.13 bits per heavy atom. The molecule has 1 unspecified atom stereocenters. The number of nitrogens with zero attached hydrogens (tertiary/aromatic N) is 1. The molecular weight excluding hydrogens is 241 g/mol. The minimum absolute atomic E-state index is 1.09. The van der Waals surface area contributed by atoms with Gasteiger partial charge < -0.3 is 4.67 Å². The van der Waals surface area contributed by atoms with Crippen molar-refractivity contribution >= 4 is 37.8 Å². The SMILES string of the molecule is Cc1cc2c(s1)-c1sccc1N(P)CC2. The lowest BCUT2D eigenvalue weighted by Gasteiger charge is -2.15. The average Bonchev–Trinajstić information content (AvgIpc) is 2.77. The van der Waals surface area contributed by atoms with Gasteiger partial charge in [0, 0.05) is 16.3 Å². The summed E-state index contributed by atoms with van der Waals surface area (Å²) < 4.78 is 2.29. The van der Waals surface area contributed by atoms with Crippen LogP contribution in [-0.2, 0) is 6.42 Å². The predicted octanol–water partition coefficient (Wildman–Crippen LogP) is 3.94. The van der Waals surface area contributed by atoms with Gasteiger partial charge >= 0.3 is 0 Å². The van der Waals surface area contributed by atoms with Gasteiger partial charge in [-0.3, -0.25) is 0 Å². The van der Waals surface area contributed by atoms with Gasteiger partial charge in [-0.15, -0.1) is 22.7 Å². The lowest BCUT2D eigenvalue weighted by Crippen LogP contribution is -2.10. The Hall–Kier alpha value is -0.370. The van der Waals surface area contributed by atoms with Gasteiger partial charge in [-0.2, -0.15) is 0 Å². The molecule has 78 valence electrons. The number of hydrogen-bond acceptors (Lipinski definition) is 3. The number of aryl methyl sites for hydroxylation is 1. The van der Waals surface area contributed by atoms with Crippen molar-refractivity contribution in [2.45, 2.75) is 13.3 Å². The Morgan fingerprint density at radius 1 is 1.40 bits per heavy atom. The molecule has 0 N–H and O–H groups in total. The molecule has 1 nitrogen and oxygen atoms in total. The molecule has 4 heteroatoms. The van der Waals surface area contributed by atoms with Crippen LogP contribution >= 0.6 is 32.1 Å². The van der Waals surface area contributed by atoms with Crippen LogP contribution in [0.2, 0.25) is 0 Å². The van der Waals surface area contributed by atoms with Gasteiger partial charge in [0.2, 0.25) is 0 Å². The van der Waals surface area contributed by atoms with Crippen molar-refractivity contribution in [3.8, 4) is 9.75 Å². The van der Waals surface area contributed by atoms with Crippen molar-refractivity contribution < 1.29 is 0 Å². The normalized spacial score (nSPS) is 14.7. The van der Waals surface area contributed by atoms with Crippen LogP contribution in [0, 0.1) is 6.92 Å². The minimum atomic E-state index is 1.09. The number of anilines is 1. The second-order valence-electron chi connectivity index (χ2n) is 3.79. The highest BCUT2D eigenvalue weighted by Gasteiger charge is 2.20. The summed E-state index contributed by atoms with van der Waals surface area (Å²) in [5, 5.41) is 2.19. The fourth-order valence-corrected chi connectivity index (χ4v) is 4.60. The first kappa shape index (κ1) is 9.83. The van der Waals surface area contributed by atoms with Crippen LogP contribution in [0.15, 0.2) is 17.5 Å². The van der Waals surface area contributed by atoms with Gasteiger partial charge in [0.05, 0.1) is 10.6 Å². The third kappa shape index (κ3) is 1.54. The molecule has 3 heterocycles. The van der Waals surface area contributed by atoms with Crippen molar-refractivity contribution in [1.82, 2.24) is 0 Å². The van der Waals surface area contributed by atoms with Gasteiger partial charge in [-0.05, 0) is 45.8 Å². The Bertz CT molecular complexity index is 500. The predicted molar refractivity (Wildman–Crippen MR) is 73.1 cm³/mol. The molecule has 2 aromatic rings. The van der Waals surface area contributed by atoms with E-state index in [2.05, 4.69) is 38.5 Å². The van der Waals surface area contributed by atoms with Crippen molar-refractivity contribution in [3.63, 3.8) is 0 Å². The zero-order valence-electron chi connectivity index (χ0n) is 8.49. The van der Waals surface area contributed by atoms with E-state index >= 15 is 0 Å². The standard InChI is InChI=1S/C11H12NPS2/c1-7-6-8-2-4-12(13)9-3-5-14-11(9)10(8)15-7/h3,5-6H,2,4,13H2,1H3. The Balaban J connectivity index is 2.25. The number of hydrogen-bond donors (Lipinski definition) is 0. The minimum Gasteiger partial charge on any atom is -0.354 e. The van der Waals surface area contributed by atoms with E-state index in [9.17, 15) is 0 Å². The summed E-state index contributed by atoms with van der Waals surface area (Å²) in [7, 11) is 2.83. The van der Waals surface area contributed by atoms with Gasteiger partial charge in [-0.1, -0.05) is 0 Å². The highest BCUT2D eigenvalue weighted by Crippen LogP contribution is 2.45.